The number of rotatable bonds is 7. The average Bonchev–Trinajstić information content (AvgIpc) is 2.60. The maximum atomic E-state index is 12.2. The summed E-state index contributed by atoms with van der Waals surface area (Å²) in [6.45, 7) is 4.74. The van der Waals surface area contributed by atoms with Crippen LogP contribution in [0, 0.1) is 0 Å². The Morgan fingerprint density at radius 1 is 1.09 bits per heavy atom. The zero-order chi connectivity index (χ0) is 16.5. The van der Waals surface area contributed by atoms with Crippen molar-refractivity contribution in [3.05, 3.63) is 77.4 Å². The highest BCUT2D eigenvalue weighted by Crippen LogP contribution is 2.13. The lowest BCUT2D eigenvalue weighted by Gasteiger charge is -2.15. The first-order valence-corrected chi connectivity index (χ1v) is 7.91. The van der Waals surface area contributed by atoms with Gasteiger partial charge in [-0.3, -0.25) is 0 Å². The van der Waals surface area contributed by atoms with Crippen LogP contribution in [-0.4, -0.2) is 19.1 Å². The van der Waals surface area contributed by atoms with Gasteiger partial charge < -0.3 is 10.1 Å². The predicted octanol–water partition coefficient (Wildman–Crippen LogP) is 3.98. The first-order valence-electron chi connectivity index (χ1n) is 7.91. The van der Waals surface area contributed by atoms with E-state index in [0.29, 0.717) is 18.7 Å². The number of hydrogen-bond acceptors (Lipinski definition) is 3. The Bertz CT molecular complexity index is 635. The summed E-state index contributed by atoms with van der Waals surface area (Å²) in [5.74, 6) is -0.274. The van der Waals surface area contributed by atoms with E-state index in [9.17, 15) is 4.79 Å². The summed E-state index contributed by atoms with van der Waals surface area (Å²) in [6.07, 6.45) is 1.88. The first kappa shape index (κ1) is 17.0. The molecule has 0 amide bonds. The molecule has 0 aliphatic carbocycles. The summed E-state index contributed by atoms with van der Waals surface area (Å²) >= 11 is 0. The van der Waals surface area contributed by atoms with Crippen molar-refractivity contribution in [2.24, 2.45) is 0 Å². The Kier molecular flexibility index (Phi) is 6.57. The van der Waals surface area contributed by atoms with E-state index in [4.69, 9.17) is 4.74 Å². The minimum Gasteiger partial charge on any atom is -0.463 e. The molecule has 0 aromatic heterocycles. The number of benzene rings is 2. The summed E-state index contributed by atoms with van der Waals surface area (Å²) in [5, 5.41) is 3.39. The second-order valence-electron chi connectivity index (χ2n) is 5.31. The highest BCUT2D eigenvalue weighted by molar-refractivity contribution is 5.94. The molecule has 0 unspecified atom stereocenters. The Morgan fingerprint density at radius 2 is 1.70 bits per heavy atom. The van der Waals surface area contributed by atoms with Crippen molar-refractivity contribution in [1.82, 2.24) is 5.32 Å². The monoisotopic (exact) mass is 309 g/mol. The second kappa shape index (κ2) is 8.91. The van der Waals surface area contributed by atoms with E-state index in [-0.39, 0.29) is 12.0 Å². The fourth-order valence-electron chi connectivity index (χ4n) is 2.28. The fourth-order valence-corrected chi connectivity index (χ4v) is 2.28. The Labute approximate surface area is 138 Å². The second-order valence-corrected chi connectivity index (χ2v) is 5.31. The molecule has 0 aliphatic rings. The van der Waals surface area contributed by atoms with Gasteiger partial charge in [0, 0.05) is 12.6 Å². The highest BCUT2D eigenvalue weighted by atomic mass is 16.5. The molecule has 2 rings (SSSR count). The molecule has 3 nitrogen and oxygen atoms in total. The van der Waals surface area contributed by atoms with Crippen molar-refractivity contribution in [2.45, 2.75) is 19.9 Å². The minimum atomic E-state index is -0.274. The van der Waals surface area contributed by atoms with Crippen LogP contribution < -0.4 is 5.32 Å². The molecule has 0 heterocycles. The quantitative estimate of drug-likeness (QED) is 0.621. The molecule has 0 saturated carbocycles. The largest absolute Gasteiger partial charge is 0.463 e. The van der Waals surface area contributed by atoms with Gasteiger partial charge in [0.1, 0.15) is 0 Å². The van der Waals surface area contributed by atoms with Gasteiger partial charge in [-0.25, -0.2) is 4.79 Å². The van der Waals surface area contributed by atoms with Crippen molar-refractivity contribution in [3.8, 4) is 0 Å². The van der Waals surface area contributed by atoms with Crippen LogP contribution in [0.4, 0.5) is 0 Å². The van der Waals surface area contributed by atoms with Crippen molar-refractivity contribution in [3.63, 3.8) is 0 Å². The zero-order valence-corrected chi connectivity index (χ0v) is 13.7. The summed E-state index contributed by atoms with van der Waals surface area (Å²) in [4.78, 5) is 12.2. The van der Waals surface area contributed by atoms with Crippen LogP contribution in [0.25, 0.3) is 6.08 Å². The van der Waals surface area contributed by atoms with Gasteiger partial charge in [-0.15, -0.1) is 0 Å². The molecule has 0 bridgehead atoms. The maximum Gasteiger partial charge on any atom is 0.335 e. The van der Waals surface area contributed by atoms with Crippen molar-refractivity contribution in [1.29, 1.82) is 0 Å². The molecule has 120 valence electrons. The third-order valence-corrected chi connectivity index (χ3v) is 3.58. The Morgan fingerprint density at radius 3 is 2.30 bits per heavy atom. The lowest BCUT2D eigenvalue weighted by Crippen LogP contribution is -2.25. The summed E-state index contributed by atoms with van der Waals surface area (Å²) in [6, 6.07) is 20.1. The number of carbonyl (C=O) groups excluding carboxylic acids is 1. The van der Waals surface area contributed by atoms with E-state index < -0.39 is 0 Å². The molecule has 1 atom stereocenters. The molecule has 0 fully saturated rings. The fraction of sp³-hybridized carbons (Fsp3) is 0.250. The average molecular weight is 309 g/mol. The molecule has 1 N–H and O–H groups in total. The number of ether oxygens (including phenoxy) is 1. The predicted molar refractivity (Wildman–Crippen MR) is 93.9 cm³/mol. The van der Waals surface area contributed by atoms with E-state index in [0.717, 1.165) is 5.56 Å². The molecule has 3 heteroatoms. The van der Waals surface area contributed by atoms with Crippen molar-refractivity contribution >= 4 is 12.0 Å². The van der Waals surface area contributed by atoms with Crippen LogP contribution in [0.3, 0.4) is 0 Å². The molecule has 0 radical (unpaired) electrons. The van der Waals surface area contributed by atoms with Gasteiger partial charge in [0.25, 0.3) is 0 Å². The van der Waals surface area contributed by atoms with Crippen LogP contribution in [0.15, 0.2) is 66.2 Å². The third kappa shape index (κ3) is 5.38. The highest BCUT2D eigenvalue weighted by Gasteiger charge is 2.12. The van der Waals surface area contributed by atoms with Crippen LogP contribution in [0.2, 0.25) is 0 Å². The molecular formula is C20H23NO2. The standard InChI is InChI=1S/C20H23NO2/c1-3-23-20(22)19(14-17-10-6-4-7-11-17)15-21-16(2)18-12-8-5-9-13-18/h4-14,16,21H,3,15H2,1-2H3/b19-14+/t16-/m1/s1. The molecule has 0 aliphatic heterocycles. The van der Waals surface area contributed by atoms with Gasteiger partial charge in [-0.2, -0.15) is 0 Å². The van der Waals surface area contributed by atoms with Gasteiger partial charge in [-0.05, 0) is 31.1 Å². The number of nitrogens with one attached hydrogen (secondary N) is 1. The van der Waals surface area contributed by atoms with Crippen LogP contribution in [-0.2, 0) is 9.53 Å². The molecule has 2 aromatic carbocycles. The van der Waals surface area contributed by atoms with E-state index in [1.807, 2.05) is 61.5 Å². The Balaban J connectivity index is 2.09. The van der Waals surface area contributed by atoms with Gasteiger partial charge in [0.05, 0.1) is 12.2 Å². The SMILES string of the molecule is CCOC(=O)/C(=C/c1ccccc1)CN[C@H](C)c1ccccc1. The van der Waals surface area contributed by atoms with E-state index in [1.165, 1.54) is 5.56 Å². The van der Waals surface area contributed by atoms with Crippen molar-refractivity contribution in [2.75, 3.05) is 13.2 Å². The number of hydrogen-bond donors (Lipinski definition) is 1. The van der Waals surface area contributed by atoms with E-state index in [2.05, 4.69) is 24.4 Å². The number of esters is 1. The molecule has 23 heavy (non-hydrogen) atoms. The maximum absolute atomic E-state index is 12.2. The van der Waals surface area contributed by atoms with Gasteiger partial charge in [-0.1, -0.05) is 60.7 Å². The summed E-state index contributed by atoms with van der Waals surface area (Å²) in [7, 11) is 0. The summed E-state index contributed by atoms with van der Waals surface area (Å²) in [5.41, 5.74) is 2.81. The molecule has 0 spiro atoms. The van der Waals surface area contributed by atoms with Crippen LogP contribution in [0.1, 0.15) is 31.0 Å². The third-order valence-electron chi connectivity index (χ3n) is 3.58. The topological polar surface area (TPSA) is 38.3 Å². The zero-order valence-electron chi connectivity index (χ0n) is 13.7. The van der Waals surface area contributed by atoms with Crippen LogP contribution in [0.5, 0.6) is 0 Å². The lowest BCUT2D eigenvalue weighted by atomic mass is 10.1. The number of carbonyl (C=O) groups is 1. The normalized spacial score (nSPS) is 12.7. The smallest absolute Gasteiger partial charge is 0.335 e. The van der Waals surface area contributed by atoms with E-state index >= 15 is 0 Å². The molecular weight excluding hydrogens is 286 g/mol. The van der Waals surface area contributed by atoms with Crippen molar-refractivity contribution < 1.29 is 9.53 Å². The molecule has 2 aromatic rings. The first-order chi connectivity index (χ1) is 11.2. The van der Waals surface area contributed by atoms with E-state index in [1.54, 1.807) is 0 Å². The lowest BCUT2D eigenvalue weighted by molar-refractivity contribution is -0.138. The van der Waals surface area contributed by atoms with Gasteiger partial charge >= 0.3 is 5.97 Å². The Hall–Kier alpha value is -2.39. The van der Waals surface area contributed by atoms with Crippen LogP contribution >= 0.6 is 0 Å². The molecule has 0 saturated heterocycles. The summed E-state index contributed by atoms with van der Waals surface area (Å²) < 4.78 is 5.17. The van der Waals surface area contributed by atoms with Gasteiger partial charge in [0.2, 0.25) is 0 Å². The van der Waals surface area contributed by atoms with Gasteiger partial charge in [0.15, 0.2) is 0 Å². The minimum absolute atomic E-state index is 0.157.